The van der Waals surface area contributed by atoms with E-state index in [1.54, 1.807) is 13.0 Å². The third-order valence-electron chi connectivity index (χ3n) is 2.66. The van der Waals surface area contributed by atoms with E-state index in [4.69, 9.17) is 4.74 Å². The van der Waals surface area contributed by atoms with Gasteiger partial charge in [0.25, 0.3) is 0 Å². The molecule has 0 aromatic heterocycles. The molecule has 1 rings (SSSR count). The number of rotatable bonds is 7. The second-order valence-electron chi connectivity index (χ2n) is 4.33. The number of carbonyl (C=O) groups is 1. The van der Waals surface area contributed by atoms with Crippen molar-refractivity contribution in [2.45, 2.75) is 39.5 Å². The molecule has 2 nitrogen and oxygen atoms in total. The van der Waals surface area contributed by atoms with E-state index in [1.165, 1.54) is 0 Å². The van der Waals surface area contributed by atoms with Crippen LogP contribution in [0.15, 0.2) is 12.1 Å². The van der Waals surface area contributed by atoms with Gasteiger partial charge in [0.2, 0.25) is 0 Å². The average molecular weight is 270 g/mol. The lowest BCUT2D eigenvalue weighted by Gasteiger charge is -2.10. The number of halogens is 1. The van der Waals surface area contributed by atoms with Crippen molar-refractivity contribution < 1.29 is 13.9 Å². The van der Waals surface area contributed by atoms with Crippen molar-refractivity contribution in [1.82, 2.24) is 0 Å². The second-order valence-corrected chi connectivity index (χ2v) is 5.00. The van der Waals surface area contributed by atoms with E-state index in [-0.39, 0.29) is 11.6 Å². The van der Waals surface area contributed by atoms with Gasteiger partial charge in [-0.15, -0.1) is 9.24 Å². The van der Waals surface area contributed by atoms with Gasteiger partial charge >= 0.3 is 0 Å². The summed E-state index contributed by atoms with van der Waals surface area (Å²) in [5.74, 6) is 0.225. The van der Waals surface area contributed by atoms with Crippen LogP contribution in [0, 0.1) is 5.82 Å². The summed E-state index contributed by atoms with van der Waals surface area (Å²) < 4.78 is 19.3. The van der Waals surface area contributed by atoms with Gasteiger partial charge in [0.15, 0.2) is 11.6 Å². The van der Waals surface area contributed by atoms with Gasteiger partial charge in [-0.2, -0.15) is 0 Å². The van der Waals surface area contributed by atoms with Crippen LogP contribution in [0.2, 0.25) is 0 Å². The van der Waals surface area contributed by atoms with E-state index < -0.39 is 0 Å². The molecule has 18 heavy (non-hydrogen) atoms. The molecule has 1 aromatic carbocycles. The zero-order valence-corrected chi connectivity index (χ0v) is 12.1. The number of Topliss-reactive ketones (excluding diaryl/α,β-unsaturated/α-hetero) is 1. The number of unbranched alkanes of at least 4 members (excludes halogenated alkanes) is 1. The number of carbonyl (C=O) groups excluding carboxylic acids is 1. The van der Waals surface area contributed by atoms with Gasteiger partial charge in [-0.3, -0.25) is 0 Å². The predicted octanol–water partition coefficient (Wildman–Crippen LogP) is 3.03. The van der Waals surface area contributed by atoms with E-state index in [9.17, 15) is 9.18 Å². The molecule has 0 N–H and O–H groups in total. The highest BCUT2D eigenvalue weighted by atomic mass is 31.0. The molecule has 0 heterocycles. The average Bonchev–Trinajstić information content (AvgIpc) is 2.30. The molecule has 0 fully saturated rings. The Morgan fingerprint density at radius 1 is 1.39 bits per heavy atom. The van der Waals surface area contributed by atoms with Gasteiger partial charge in [-0.1, -0.05) is 0 Å². The van der Waals surface area contributed by atoms with Gasteiger partial charge in [0.05, 0.1) is 6.61 Å². The first-order valence-electron chi connectivity index (χ1n) is 6.24. The lowest BCUT2D eigenvalue weighted by Crippen LogP contribution is -2.04. The first-order valence-corrected chi connectivity index (χ1v) is 6.82. The third kappa shape index (κ3) is 4.73. The predicted molar refractivity (Wildman–Crippen MR) is 75.1 cm³/mol. The molecule has 1 unspecified atom stereocenters. The zero-order valence-electron chi connectivity index (χ0n) is 11.0. The van der Waals surface area contributed by atoms with Crippen LogP contribution in [0.4, 0.5) is 4.39 Å². The molecule has 100 valence electrons. The van der Waals surface area contributed by atoms with E-state index in [2.05, 4.69) is 9.24 Å². The molecule has 0 aliphatic rings. The molecule has 0 amide bonds. The smallest absolute Gasteiger partial charge is 0.168 e. The minimum atomic E-state index is -0.272. The Bertz CT molecular complexity index is 419. The highest BCUT2D eigenvalue weighted by Gasteiger charge is 2.10. The van der Waals surface area contributed by atoms with E-state index in [1.807, 2.05) is 13.0 Å². The Kier molecular flexibility index (Phi) is 6.28. The van der Waals surface area contributed by atoms with Gasteiger partial charge < -0.3 is 9.53 Å². The first-order chi connectivity index (χ1) is 8.54. The van der Waals surface area contributed by atoms with Crippen molar-refractivity contribution in [3.05, 3.63) is 23.5 Å². The molecule has 4 heteroatoms. The van der Waals surface area contributed by atoms with Crippen LogP contribution in [0.5, 0.6) is 5.75 Å². The van der Waals surface area contributed by atoms with Crippen LogP contribution in [-0.4, -0.2) is 12.4 Å². The monoisotopic (exact) mass is 270 g/mol. The molecule has 0 aliphatic heterocycles. The lowest BCUT2D eigenvalue weighted by atomic mass is 10.1. The SMILES string of the molecule is CCOc1cc(P)cc(CCCCC(C)=O)c1F. The van der Waals surface area contributed by atoms with Crippen molar-refractivity contribution in [2.24, 2.45) is 0 Å². The molecule has 1 atom stereocenters. The van der Waals surface area contributed by atoms with Gasteiger partial charge in [0.1, 0.15) is 5.78 Å². The number of hydrogen-bond donors (Lipinski definition) is 0. The molecule has 0 saturated heterocycles. The third-order valence-corrected chi connectivity index (χ3v) is 3.00. The van der Waals surface area contributed by atoms with Crippen molar-refractivity contribution in [2.75, 3.05) is 6.61 Å². The topological polar surface area (TPSA) is 26.3 Å². The minimum Gasteiger partial charge on any atom is -0.491 e. The number of hydrogen-bond acceptors (Lipinski definition) is 2. The molecular formula is C14H20FO2P. The second kappa shape index (κ2) is 7.48. The standard InChI is InChI=1S/C14H20FO2P/c1-3-17-13-9-12(18)8-11(14(13)15)7-5-4-6-10(2)16/h8-9H,3-7,18H2,1-2H3. The summed E-state index contributed by atoms with van der Waals surface area (Å²) in [7, 11) is 2.56. The number of ketones is 1. The Morgan fingerprint density at radius 2 is 2.11 bits per heavy atom. The summed E-state index contributed by atoms with van der Waals surface area (Å²) in [5.41, 5.74) is 0.662. The maximum Gasteiger partial charge on any atom is 0.168 e. The molecule has 0 radical (unpaired) electrons. The summed E-state index contributed by atoms with van der Waals surface area (Å²) in [5, 5.41) is 0.918. The van der Waals surface area contributed by atoms with Gasteiger partial charge in [0, 0.05) is 6.42 Å². The first kappa shape index (κ1) is 15.1. The molecular weight excluding hydrogens is 250 g/mol. The van der Waals surface area contributed by atoms with Crippen LogP contribution >= 0.6 is 9.24 Å². The van der Waals surface area contributed by atoms with E-state index >= 15 is 0 Å². The molecule has 0 bridgehead atoms. The summed E-state index contributed by atoms with van der Waals surface area (Å²) in [6, 6.07) is 3.50. The fourth-order valence-electron chi connectivity index (χ4n) is 1.81. The van der Waals surface area contributed by atoms with Gasteiger partial charge in [-0.25, -0.2) is 4.39 Å². The fourth-order valence-corrected chi connectivity index (χ4v) is 2.16. The van der Waals surface area contributed by atoms with Crippen LogP contribution in [0.1, 0.15) is 38.7 Å². The van der Waals surface area contributed by atoms with Crippen LogP contribution < -0.4 is 10.0 Å². The van der Waals surface area contributed by atoms with Crippen molar-refractivity contribution >= 4 is 20.3 Å². The highest BCUT2D eigenvalue weighted by Crippen LogP contribution is 2.22. The summed E-state index contributed by atoms with van der Waals surface area (Å²) >= 11 is 0. The lowest BCUT2D eigenvalue weighted by molar-refractivity contribution is -0.117. The number of benzene rings is 1. The Hall–Kier alpha value is -0.950. The maximum absolute atomic E-state index is 14.0. The maximum atomic E-state index is 14.0. The zero-order chi connectivity index (χ0) is 13.5. The normalized spacial score (nSPS) is 10.4. The Balaban J connectivity index is 2.66. The Labute approximate surface area is 110 Å². The molecule has 1 aromatic rings. The molecule has 0 saturated carbocycles. The summed E-state index contributed by atoms with van der Waals surface area (Å²) in [6.07, 6.45) is 2.83. The van der Waals surface area contributed by atoms with Crippen LogP contribution in [0.3, 0.4) is 0 Å². The largest absolute Gasteiger partial charge is 0.491 e. The van der Waals surface area contributed by atoms with Crippen molar-refractivity contribution in [1.29, 1.82) is 0 Å². The summed E-state index contributed by atoms with van der Waals surface area (Å²) in [6.45, 7) is 3.87. The molecule has 0 spiro atoms. The Morgan fingerprint density at radius 3 is 2.72 bits per heavy atom. The van der Waals surface area contributed by atoms with E-state index in [0.29, 0.717) is 30.8 Å². The van der Waals surface area contributed by atoms with Crippen LogP contribution in [-0.2, 0) is 11.2 Å². The van der Waals surface area contributed by atoms with Gasteiger partial charge in [-0.05, 0) is 56.1 Å². The fraction of sp³-hybridized carbons (Fsp3) is 0.500. The van der Waals surface area contributed by atoms with E-state index in [0.717, 1.165) is 18.1 Å². The van der Waals surface area contributed by atoms with Crippen molar-refractivity contribution in [3.8, 4) is 5.75 Å². The number of ether oxygens (including phenoxy) is 1. The number of aryl methyl sites for hydroxylation is 1. The minimum absolute atomic E-state index is 0.185. The van der Waals surface area contributed by atoms with Crippen molar-refractivity contribution in [3.63, 3.8) is 0 Å². The molecule has 0 aliphatic carbocycles. The van der Waals surface area contributed by atoms with Crippen LogP contribution in [0.25, 0.3) is 0 Å². The highest BCUT2D eigenvalue weighted by molar-refractivity contribution is 7.27. The quantitative estimate of drug-likeness (QED) is 0.562. The summed E-state index contributed by atoms with van der Waals surface area (Å²) in [4.78, 5) is 10.8.